The third-order valence-corrected chi connectivity index (χ3v) is 0.956. The van der Waals surface area contributed by atoms with E-state index in [1.54, 1.807) is 0 Å². The van der Waals surface area contributed by atoms with E-state index in [1.807, 2.05) is 0 Å². The zero-order valence-corrected chi connectivity index (χ0v) is 10.0. The molecule has 2 N–H and O–H groups in total. The number of hydrogen-bond donors (Lipinski definition) is 0. The van der Waals surface area contributed by atoms with Crippen LogP contribution in [0.4, 0.5) is 0 Å². The van der Waals surface area contributed by atoms with Gasteiger partial charge < -0.3 is 42.3 Å². The normalized spacial score (nSPS) is 7.41. The zero-order chi connectivity index (χ0) is 13.1. The monoisotopic (exact) mass is 293 g/mol. The van der Waals surface area contributed by atoms with Gasteiger partial charge in [-0.1, -0.05) is 0 Å². The maximum Gasteiger partial charge on any atom is 0 e. The van der Waals surface area contributed by atoms with Crippen LogP contribution in [0, 0.1) is 20.2 Å². The SMILES string of the molecule is O=N[O-].O=N[O-].[Co].[NH-]CC[N-]CC[N-]CC[NH-]. The second-order valence-corrected chi connectivity index (χ2v) is 1.99. The Morgan fingerprint density at radius 1 is 0.824 bits per heavy atom. The van der Waals surface area contributed by atoms with Crippen LogP contribution in [-0.4, -0.2) is 39.3 Å². The fourth-order valence-electron chi connectivity index (χ4n) is 0.523. The van der Waals surface area contributed by atoms with E-state index in [-0.39, 0.29) is 16.8 Å². The Balaban J connectivity index is -0.000000102. The van der Waals surface area contributed by atoms with E-state index in [4.69, 9.17) is 31.7 Å². The third-order valence-electron chi connectivity index (χ3n) is 0.956. The predicted octanol–water partition coefficient (Wildman–Crippen LogP) is 2.34. The smallest absolute Gasteiger partial charge is 0 e. The van der Waals surface area contributed by atoms with Crippen LogP contribution < -0.4 is 0 Å². The molecule has 0 aliphatic rings. The van der Waals surface area contributed by atoms with Gasteiger partial charge >= 0.3 is 0 Å². The second-order valence-electron chi connectivity index (χ2n) is 1.99. The zero-order valence-electron chi connectivity index (χ0n) is 9.00. The minimum Gasteiger partial charge on any atom is -0.679 e. The van der Waals surface area contributed by atoms with E-state index in [2.05, 4.69) is 10.6 Å². The Morgan fingerprint density at radius 3 is 1.24 bits per heavy atom. The van der Waals surface area contributed by atoms with Crippen LogP contribution in [0.25, 0.3) is 22.1 Å². The molecular formula is C6H14CoN6O4-6. The summed E-state index contributed by atoms with van der Waals surface area (Å²) in [5.41, 5.74) is 13.5. The quantitative estimate of drug-likeness (QED) is 0.396. The van der Waals surface area contributed by atoms with Crippen molar-refractivity contribution in [3.8, 4) is 0 Å². The molecule has 0 aromatic carbocycles. The predicted molar refractivity (Wildman–Crippen MR) is 62.9 cm³/mol. The largest absolute Gasteiger partial charge is 0.679 e. The molecule has 0 aliphatic heterocycles. The van der Waals surface area contributed by atoms with Crippen LogP contribution >= 0.6 is 0 Å². The molecule has 0 saturated carbocycles. The molecule has 0 aliphatic carbocycles. The summed E-state index contributed by atoms with van der Waals surface area (Å²) in [6.07, 6.45) is 0. The minimum atomic E-state index is 0. The first-order valence-electron chi connectivity index (χ1n) is 4.20. The summed E-state index contributed by atoms with van der Waals surface area (Å²) in [5.74, 6) is 0. The summed E-state index contributed by atoms with van der Waals surface area (Å²) >= 11 is 0. The molecule has 0 spiro atoms. The fourth-order valence-corrected chi connectivity index (χ4v) is 0.523. The van der Waals surface area contributed by atoms with Crippen LogP contribution in [-0.2, 0) is 16.8 Å². The van der Waals surface area contributed by atoms with Crippen molar-refractivity contribution in [2.24, 2.45) is 10.7 Å². The van der Waals surface area contributed by atoms with Crippen molar-refractivity contribution in [2.75, 3.05) is 39.3 Å². The van der Waals surface area contributed by atoms with Gasteiger partial charge in [-0.05, 0) is 0 Å². The van der Waals surface area contributed by atoms with E-state index < -0.39 is 0 Å². The van der Waals surface area contributed by atoms with Gasteiger partial charge in [-0.25, -0.2) is 0 Å². The van der Waals surface area contributed by atoms with Crippen LogP contribution in [0.5, 0.6) is 0 Å². The summed E-state index contributed by atoms with van der Waals surface area (Å²) in [7, 11) is 0. The van der Waals surface area contributed by atoms with Gasteiger partial charge in [0.05, 0.1) is 0 Å². The molecule has 0 bridgehead atoms. The Kier molecular flexibility index (Phi) is 53.5. The molecule has 1 radical (unpaired) electrons. The van der Waals surface area contributed by atoms with Crippen LogP contribution in [0.15, 0.2) is 10.7 Å². The molecule has 11 heteroatoms. The van der Waals surface area contributed by atoms with E-state index >= 15 is 0 Å². The third kappa shape index (κ3) is 69.3. The topological polar surface area (TPSA) is 181 Å². The summed E-state index contributed by atoms with van der Waals surface area (Å²) in [5, 5.41) is 26.0. The van der Waals surface area contributed by atoms with E-state index in [0.29, 0.717) is 26.2 Å². The van der Waals surface area contributed by atoms with Gasteiger partial charge in [-0.2, -0.15) is 39.3 Å². The number of hydrogen-bond acceptors (Lipinski definition) is 6. The van der Waals surface area contributed by atoms with E-state index in [9.17, 15) is 0 Å². The van der Waals surface area contributed by atoms with Crippen LogP contribution in [0.1, 0.15) is 0 Å². The average Bonchev–Trinajstić information content (AvgIpc) is 2.26. The summed E-state index contributed by atoms with van der Waals surface area (Å²) in [6.45, 7) is 3.43. The molecule has 0 saturated heterocycles. The van der Waals surface area contributed by atoms with Gasteiger partial charge in [0.25, 0.3) is 0 Å². The van der Waals surface area contributed by atoms with E-state index in [1.165, 1.54) is 0 Å². The van der Waals surface area contributed by atoms with E-state index in [0.717, 1.165) is 23.8 Å². The van der Waals surface area contributed by atoms with Crippen molar-refractivity contribution in [2.45, 2.75) is 0 Å². The van der Waals surface area contributed by atoms with Gasteiger partial charge in [-0.3, -0.25) is 0 Å². The van der Waals surface area contributed by atoms with Crippen molar-refractivity contribution >= 4 is 0 Å². The van der Waals surface area contributed by atoms with Gasteiger partial charge in [0.1, 0.15) is 0 Å². The first-order valence-corrected chi connectivity index (χ1v) is 4.20. The number of nitrogens with zero attached hydrogens (tertiary/aromatic N) is 4. The van der Waals surface area contributed by atoms with Gasteiger partial charge in [0.15, 0.2) is 0 Å². The van der Waals surface area contributed by atoms with Crippen LogP contribution in [0.3, 0.4) is 0 Å². The Labute approximate surface area is 110 Å². The molecule has 0 rings (SSSR count). The maximum atomic E-state index is 8.00. The van der Waals surface area contributed by atoms with Crippen molar-refractivity contribution in [1.82, 2.24) is 0 Å². The van der Waals surface area contributed by atoms with Gasteiger partial charge in [-0.15, -0.1) is 10.7 Å². The fraction of sp³-hybridized carbons (Fsp3) is 1.00. The number of nitrogens with one attached hydrogen (secondary N) is 2. The molecule has 0 aromatic heterocycles. The molecule has 10 nitrogen and oxygen atoms in total. The molecule has 0 heterocycles. The first-order chi connectivity index (χ1) is 7.74. The molecule has 107 valence electrons. The average molecular weight is 293 g/mol. The maximum absolute atomic E-state index is 8.00. The molecule has 0 unspecified atom stereocenters. The molecular weight excluding hydrogens is 279 g/mol. The molecule has 0 amide bonds. The Morgan fingerprint density at radius 2 is 1.06 bits per heavy atom. The number of rotatable bonds is 7. The molecule has 0 aromatic rings. The Bertz CT molecular complexity index is 119. The molecule has 0 atom stereocenters. The Hall–Kier alpha value is -0.854. The van der Waals surface area contributed by atoms with Crippen molar-refractivity contribution in [3.05, 3.63) is 42.3 Å². The van der Waals surface area contributed by atoms with Crippen molar-refractivity contribution in [1.29, 1.82) is 0 Å². The summed E-state index contributed by atoms with van der Waals surface area (Å²) in [6, 6.07) is 0. The minimum absolute atomic E-state index is 0. The van der Waals surface area contributed by atoms with Crippen molar-refractivity contribution in [3.63, 3.8) is 0 Å². The molecule has 0 fully saturated rings. The van der Waals surface area contributed by atoms with Crippen molar-refractivity contribution < 1.29 is 16.8 Å². The van der Waals surface area contributed by atoms with Gasteiger partial charge in [0, 0.05) is 16.8 Å². The first kappa shape index (κ1) is 25.1. The summed E-state index contributed by atoms with van der Waals surface area (Å²) < 4.78 is 0. The molecule has 17 heavy (non-hydrogen) atoms. The summed E-state index contributed by atoms with van der Waals surface area (Å²) in [4.78, 5) is 16.0. The standard InChI is InChI=1S/C6H14N4.Co.2HNO2/c7-1-3-9-5-6-10-4-2-8;;2*2-1-3/h7-8H,1-6H2;;2*(H,2,3)/q-4;;;/p-2. The van der Waals surface area contributed by atoms with Gasteiger partial charge in [0.2, 0.25) is 0 Å². The second kappa shape index (κ2) is 36.2. The van der Waals surface area contributed by atoms with Crippen LogP contribution in [0.2, 0.25) is 0 Å².